The topological polar surface area (TPSA) is 45.7 Å². The monoisotopic (exact) mass is 395 g/mol. The van der Waals surface area contributed by atoms with Crippen molar-refractivity contribution in [3.63, 3.8) is 0 Å². The molecule has 0 atom stereocenters. The zero-order chi connectivity index (χ0) is 13.9. The van der Waals surface area contributed by atoms with E-state index in [0.29, 0.717) is 24.7 Å². The molecule has 0 spiro atoms. The fraction of sp³-hybridized carbons (Fsp3) is 0.500. The molecule has 0 saturated heterocycles. The first-order valence-corrected chi connectivity index (χ1v) is 6.52. The molecule has 4 nitrogen and oxygen atoms in total. The molecule has 1 aromatic rings. The standard InChI is InChI=1S/C14H22FN3O.HI/c1-3-16-14(17-9-6-10-19-2)18-11-12-7-4-5-8-13(12)15;/h4-5,7-8H,3,6,9-11H2,1-2H3,(H2,16,17,18);1H. The van der Waals surface area contributed by atoms with Crippen LogP contribution in [0.1, 0.15) is 18.9 Å². The van der Waals surface area contributed by atoms with Gasteiger partial charge >= 0.3 is 0 Å². The molecule has 114 valence electrons. The Bertz CT molecular complexity index is 402. The maximum atomic E-state index is 13.5. The number of hydrogen-bond acceptors (Lipinski definition) is 2. The Morgan fingerprint density at radius 2 is 2.05 bits per heavy atom. The van der Waals surface area contributed by atoms with Crippen LogP contribution >= 0.6 is 24.0 Å². The first kappa shape index (κ1) is 19.1. The molecular formula is C14H23FIN3O. The molecular weight excluding hydrogens is 372 g/mol. The maximum absolute atomic E-state index is 13.5. The summed E-state index contributed by atoms with van der Waals surface area (Å²) < 4.78 is 18.4. The smallest absolute Gasteiger partial charge is 0.191 e. The van der Waals surface area contributed by atoms with Gasteiger partial charge in [-0.3, -0.25) is 0 Å². The minimum Gasteiger partial charge on any atom is -0.385 e. The van der Waals surface area contributed by atoms with Crippen molar-refractivity contribution < 1.29 is 9.13 Å². The number of ether oxygens (including phenoxy) is 1. The molecule has 6 heteroatoms. The van der Waals surface area contributed by atoms with Crippen molar-refractivity contribution in [1.29, 1.82) is 0 Å². The van der Waals surface area contributed by atoms with Gasteiger partial charge in [-0.15, -0.1) is 24.0 Å². The van der Waals surface area contributed by atoms with Gasteiger partial charge in [-0.1, -0.05) is 18.2 Å². The molecule has 1 aromatic carbocycles. The SMILES string of the molecule is CCNC(=NCc1ccccc1F)NCCCOC.I. The zero-order valence-corrected chi connectivity index (χ0v) is 14.3. The number of methoxy groups -OCH3 is 1. The van der Waals surface area contributed by atoms with Gasteiger partial charge < -0.3 is 15.4 Å². The summed E-state index contributed by atoms with van der Waals surface area (Å²) in [4.78, 5) is 4.36. The highest BCUT2D eigenvalue weighted by atomic mass is 127. The Labute approximate surface area is 137 Å². The maximum Gasteiger partial charge on any atom is 0.191 e. The van der Waals surface area contributed by atoms with Gasteiger partial charge in [-0.05, 0) is 19.4 Å². The largest absolute Gasteiger partial charge is 0.385 e. The molecule has 0 bridgehead atoms. The van der Waals surface area contributed by atoms with Gasteiger partial charge in [0, 0.05) is 32.4 Å². The molecule has 20 heavy (non-hydrogen) atoms. The van der Waals surface area contributed by atoms with E-state index in [1.807, 2.05) is 13.0 Å². The molecule has 0 unspecified atom stereocenters. The number of rotatable bonds is 7. The van der Waals surface area contributed by atoms with Crippen LogP contribution in [0, 0.1) is 5.82 Å². The third-order valence-electron chi connectivity index (χ3n) is 2.53. The highest BCUT2D eigenvalue weighted by Gasteiger charge is 2.01. The Hall–Kier alpha value is -0.890. The predicted octanol–water partition coefficient (Wildman–Crippen LogP) is 2.54. The van der Waals surface area contributed by atoms with Gasteiger partial charge in [0.05, 0.1) is 6.54 Å². The van der Waals surface area contributed by atoms with Crippen molar-refractivity contribution in [1.82, 2.24) is 10.6 Å². The molecule has 1 rings (SSSR count). The number of halogens is 2. The molecule has 0 aliphatic carbocycles. The highest BCUT2D eigenvalue weighted by molar-refractivity contribution is 14.0. The van der Waals surface area contributed by atoms with Crippen LogP contribution in [-0.4, -0.2) is 32.8 Å². The fourth-order valence-electron chi connectivity index (χ4n) is 1.56. The number of guanidine groups is 1. The van der Waals surface area contributed by atoms with Crippen LogP contribution in [0.4, 0.5) is 4.39 Å². The normalized spacial score (nSPS) is 10.8. The Balaban J connectivity index is 0.00000361. The Kier molecular flexibility index (Phi) is 11.4. The lowest BCUT2D eigenvalue weighted by atomic mass is 10.2. The van der Waals surface area contributed by atoms with Crippen LogP contribution in [0.5, 0.6) is 0 Å². The molecule has 2 N–H and O–H groups in total. The quantitative estimate of drug-likeness (QED) is 0.323. The van der Waals surface area contributed by atoms with Crippen molar-refractivity contribution >= 4 is 29.9 Å². The second-order valence-corrected chi connectivity index (χ2v) is 4.06. The summed E-state index contributed by atoms with van der Waals surface area (Å²) in [6.07, 6.45) is 0.903. The van der Waals surface area contributed by atoms with E-state index >= 15 is 0 Å². The average molecular weight is 395 g/mol. The number of hydrogen-bond donors (Lipinski definition) is 2. The number of aliphatic imine (C=N–C) groups is 1. The lowest BCUT2D eigenvalue weighted by molar-refractivity contribution is 0.195. The molecule has 0 aliphatic rings. The fourth-order valence-corrected chi connectivity index (χ4v) is 1.56. The minimum absolute atomic E-state index is 0. The van der Waals surface area contributed by atoms with Gasteiger partial charge in [0.15, 0.2) is 5.96 Å². The number of benzene rings is 1. The molecule has 0 radical (unpaired) electrons. The number of nitrogens with zero attached hydrogens (tertiary/aromatic N) is 1. The van der Waals surface area contributed by atoms with Crippen LogP contribution in [0.3, 0.4) is 0 Å². The summed E-state index contributed by atoms with van der Waals surface area (Å²) >= 11 is 0. The molecule has 0 fully saturated rings. The van der Waals surface area contributed by atoms with E-state index in [1.54, 1.807) is 19.2 Å². The predicted molar refractivity (Wildman–Crippen MR) is 91.1 cm³/mol. The van der Waals surface area contributed by atoms with E-state index in [9.17, 15) is 4.39 Å². The first-order chi connectivity index (χ1) is 9.27. The number of nitrogens with one attached hydrogen (secondary N) is 2. The Morgan fingerprint density at radius 3 is 2.70 bits per heavy atom. The van der Waals surface area contributed by atoms with Crippen molar-refractivity contribution in [2.45, 2.75) is 19.9 Å². The van der Waals surface area contributed by atoms with Crippen LogP contribution in [0.25, 0.3) is 0 Å². The molecule has 0 saturated carbocycles. The first-order valence-electron chi connectivity index (χ1n) is 6.52. The van der Waals surface area contributed by atoms with Crippen LogP contribution in [0.2, 0.25) is 0 Å². The van der Waals surface area contributed by atoms with E-state index in [4.69, 9.17) is 4.74 Å². The van der Waals surface area contributed by atoms with E-state index in [2.05, 4.69) is 15.6 Å². The molecule has 0 aromatic heterocycles. The summed E-state index contributed by atoms with van der Waals surface area (Å²) in [7, 11) is 1.68. The minimum atomic E-state index is -0.221. The Morgan fingerprint density at radius 1 is 1.30 bits per heavy atom. The molecule has 0 heterocycles. The van der Waals surface area contributed by atoms with Gasteiger partial charge in [0.1, 0.15) is 5.82 Å². The molecule has 0 amide bonds. The third kappa shape index (κ3) is 7.64. The summed E-state index contributed by atoms with van der Waals surface area (Å²) in [5, 5.41) is 6.31. The lowest BCUT2D eigenvalue weighted by Crippen LogP contribution is -2.38. The average Bonchev–Trinajstić information content (AvgIpc) is 2.42. The van der Waals surface area contributed by atoms with E-state index < -0.39 is 0 Å². The van der Waals surface area contributed by atoms with Gasteiger partial charge in [-0.2, -0.15) is 0 Å². The van der Waals surface area contributed by atoms with Crippen molar-refractivity contribution in [3.05, 3.63) is 35.6 Å². The second-order valence-electron chi connectivity index (χ2n) is 4.06. The summed E-state index contributed by atoms with van der Waals surface area (Å²) in [5.74, 6) is 0.475. The summed E-state index contributed by atoms with van der Waals surface area (Å²) in [6, 6.07) is 6.68. The zero-order valence-electron chi connectivity index (χ0n) is 12.0. The van der Waals surface area contributed by atoms with Crippen LogP contribution in [0.15, 0.2) is 29.3 Å². The van der Waals surface area contributed by atoms with E-state index in [1.165, 1.54) is 6.07 Å². The van der Waals surface area contributed by atoms with Gasteiger partial charge in [0.2, 0.25) is 0 Å². The summed E-state index contributed by atoms with van der Waals surface area (Å²) in [6.45, 7) is 4.58. The second kappa shape index (κ2) is 11.9. The van der Waals surface area contributed by atoms with E-state index in [-0.39, 0.29) is 29.8 Å². The van der Waals surface area contributed by atoms with Crippen molar-refractivity contribution in [3.8, 4) is 0 Å². The van der Waals surface area contributed by atoms with Crippen LogP contribution in [-0.2, 0) is 11.3 Å². The highest BCUT2D eigenvalue weighted by Crippen LogP contribution is 2.07. The van der Waals surface area contributed by atoms with Gasteiger partial charge in [0.25, 0.3) is 0 Å². The van der Waals surface area contributed by atoms with Gasteiger partial charge in [-0.25, -0.2) is 9.38 Å². The van der Waals surface area contributed by atoms with Crippen LogP contribution < -0.4 is 10.6 Å². The van der Waals surface area contributed by atoms with Crippen molar-refractivity contribution in [2.75, 3.05) is 26.8 Å². The lowest BCUT2D eigenvalue weighted by Gasteiger charge is -2.11. The van der Waals surface area contributed by atoms with E-state index in [0.717, 1.165) is 19.5 Å². The summed E-state index contributed by atoms with van der Waals surface area (Å²) in [5.41, 5.74) is 0.594. The molecule has 0 aliphatic heterocycles. The third-order valence-corrected chi connectivity index (χ3v) is 2.53. The van der Waals surface area contributed by atoms with Crippen molar-refractivity contribution in [2.24, 2.45) is 4.99 Å².